The summed E-state index contributed by atoms with van der Waals surface area (Å²) >= 11 is 9.21. The Labute approximate surface area is 108 Å². The number of aliphatic hydroxyl groups excluding tert-OH is 1. The molecule has 1 saturated carbocycles. The van der Waals surface area contributed by atoms with Crippen LogP contribution in [-0.4, -0.2) is 5.11 Å². The molecule has 1 aromatic carbocycles. The highest BCUT2D eigenvalue weighted by Crippen LogP contribution is 2.50. The Hall–Kier alpha value is -0.560. The Morgan fingerprint density at radius 2 is 2.19 bits per heavy atom. The maximum Gasteiger partial charge on any atom is 0.0987 e. The van der Waals surface area contributed by atoms with Gasteiger partial charge < -0.3 is 5.11 Å². The van der Waals surface area contributed by atoms with Crippen LogP contribution in [0.2, 0.25) is 5.02 Å². The minimum atomic E-state index is -0.738. The van der Waals surface area contributed by atoms with Crippen LogP contribution in [0.1, 0.15) is 30.9 Å². The normalized spacial score (nSPS) is 19.6. The molecule has 1 aromatic rings. The van der Waals surface area contributed by atoms with Gasteiger partial charge in [0, 0.05) is 9.50 Å². The Bertz CT molecular complexity index is 451. The third-order valence-corrected chi connectivity index (χ3v) is 4.17. The van der Waals surface area contributed by atoms with Gasteiger partial charge >= 0.3 is 0 Å². The number of halogens is 2. The molecule has 84 valence electrons. The van der Waals surface area contributed by atoms with Gasteiger partial charge in [0.1, 0.15) is 0 Å². The largest absolute Gasteiger partial charge is 0.387 e. The first kappa shape index (κ1) is 11.9. The lowest BCUT2D eigenvalue weighted by molar-refractivity contribution is 0.00748. The zero-order chi connectivity index (χ0) is 11.8. The van der Waals surface area contributed by atoms with Gasteiger partial charge in [0.2, 0.25) is 0 Å². The minimum absolute atomic E-state index is 0.601. The molecule has 2 nitrogen and oxygen atoms in total. The number of hydrogen-bond donors (Lipinski definition) is 1. The molecule has 0 aliphatic heterocycles. The fourth-order valence-electron chi connectivity index (χ4n) is 2.02. The summed E-state index contributed by atoms with van der Waals surface area (Å²) in [5, 5.41) is 20.0. The van der Waals surface area contributed by atoms with E-state index in [-0.39, 0.29) is 0 Å². The van der Waals surface area contributed by atoms with E-state index in [2.05, 4.69) is 22.0 Å². The van der Waals surface area contributed by atoms with Gasteiger partial charge in [0.05, 0.1) is 17.6 Å². The van der Waals surface area contributed by atoms with Gasteiger partial charge in [0.15, 0.2) is 0 Å². The molecule has 0 spiro atoms. The second-order valence-electron chi connectivity index (χ2n) is 4.19. The molecule has 0 saturated heterocycles. The Balaban J connectivity index is 2.34. The summed E-state index contributed by atoms with van der Waals surface area (Å²) < 4.78 is 0.758. The number of benzene rings is 1. The number of nitrogens with zero attached hydrogens (tertiary/aromatic N) is 1. The van der Waals surface area contributed by atoms with E-state index in [9.17, 15) is 5.11 Å². The standard InChI is InChI=1S/C12H11BrClNO/c13-10-6-8(14)2-3-9(10)11(16)12(7-15)4-1-5-12/h2-3,6,11,16H,1,4-5H2. The molecule has 1 atom stereocenters. The van der Waals surface area contributed by atoms with Crippen LogP contribution >= 0.6 is 27.5 Å². The molecule has 1 aliphatic rings. The van der Waals surface area contributed by atoms with Crippen molar-refractivity contribution in [2.75, 3.05) is 0 Å². The summed E-state index contributed by atoms with van der Waals surface area (Å²) in [5.41, 5.74) is 0.140. The van der Waals surface area contributed by atoms with Gasteiger partial charge in [-0.15, -0.1) is 0 Å². The van der Waals surface area contributed by atoms with Crippen molar-refractivity contribution < 1.29 is 5.11 Å². The van der Waals surface area contributed by atoms with Crippen molar-refractivity contribution in [3.05, 3.63) is 33.3 Å². The highest BCUT2D eigenvalue weighted by Gasteiger charge is 2.45. The van der Waals surface area contributed by atoms with Crippen LogP contribution in [0.4, 0.5) is 0 Å². The minimum Gasteiger partial charge on any atom is -0.387 e. The molecule has 2 rings (SSSR count). The van der Waals surface area contributed by atoms with E-state index in [0.717, 1.165) is 29.3 Å². The second kappa shape index (κ2) is 4.37. The Kier molecular flexibility index (Phi) is 3.25. The van der Waals surface area contributed by atoms with E-state index in [1.807, 2.05) is 0 Å². The smallest absolute Gasteiger partial charge is 0.0987 e. The molecule has 0 radical (unpaired) electrons. The van der Waals surface area contributed by atoms with Crippen molar-refractivity contribution in [1.82, 2.24) is 0 Å². The molecular weight excluding hydrogens is 289 g/mol. The maximum absolute atomic E-state index is 10.3. The SMILES string of the molecule is N#CC1(C(O)c2ccc(Cl)cc2Br)CCC1. The number of aliphatic hydroxyl groups is 1. The van der Waals surface area contributed by atoms with E-state index < -0.39 is 11.5 Å². The first-order valence-corrected chi connectivity index (χ1v) is 6.30. The summed E-state index contributed by atoms with van der Waals surface area (Å²) in [6.07, 6.45) is 1.80. The molecule has 1 fully saturated rings. The maximum atomic E-state index is 10.3. The number of nitriles is 1. The lowest BCUT2D eigenvalue weighted by Crippen LogP contribution is -2.34. The van der Waals surface area contributed by atoms with E-state index in [0.29, 0.717) is 5.02 Å². The molecule has 0 bridgehead atoms. The van der Waals surface area contributed by atoms with Crippen LogP contribution in [0.25, 0.3) is 0 Å². The zero-order valence-electron chi connectivity index (χ0n) is 8.58. The van der Waals surface area contributed by atoms with E-state index in [4.69, 9.17) is 16.9 Å². The van der Waals surface area contributed by atoms with Crippen LogP contribution in [-0.2, 0) is 0 Å². The predicted octanol–water partition coefficient (Wildman–Crippen LogP) is 3.83. The average Bonchev–Trinajstić information content (AvgIpc) is 2.16. The molecule has 0 aromatic heterocycles. The molecule has 4 heteroatoms. The fraction of sp³-hybridized carbons (Fsp3) is 0.417. The van der Waals surface area contributed by atoms with Crippen LogP contribution in [0.5, 0.6) is 0 Å². The average molecular weight is 301 g/mol. The molecule has 1 N–H and O–H groups in total. The molecule has 0 amide bonds. The van der Waals surface area contributed by atoms with Crippen molar-refractivity contribution >= 4 is 27.5 Å². The summed E-state index contributed by atoms with van der Waals surface area (Å²) in [6.45, 7) is 0. The van der Waals surface area contributed by atoms with E-state index in [1.165, 1.54) is 0 Å². The second-order valence-corrected chi connectivity index (χ2v) is 5.48. The number of hydrogen-bond acceptors (Lipinski definition) is 2. The summed E-state index contributed by atoms with van der Waals surface area (Å²) in [5.74, 6) is 0. The van der Waals surface area contributed by atoms with Crippen molar-refractivity contribution in [3.63, 3.8) is 0 Å². The van der Waals surface area contributed by atoms with Crippen molar-refractivity contribution in [2.24, 2.45) is 5.41 Å². The monoisotopic (exact) mass is 299 g/mol. The van der Waals surface area contributed by atoms with Gasteiger partial charge in [-0.1, -0.05) is 40.0 Å². The van der Waals surface area contributed by atoms with E-state index in [1.54, 1.807) is 18.2 Å². The van der Waals surface area contributed by atoms with Gasteiger partial charge in [-0.25, -0.2) is 0 Å². The third kappa shape index (κ3) is 1.86. The predicted molar refractivity (Wildman–Crippen MR) is 66.0 cm³/mol. The Morgan fingerprint density at radius 1 is 1.50 bits per heavy atom. The van der Waals surface area contributed by atoms with Crippen LogP contribution in [0.15, 0.2) is 22.7 Å². The lowest BCUT2D eigenvalue weighted by atomic mass is 9.65. The summed E-state index contributed by atoms with van der Waals surface area (Å²) in [6, 6.07) is 7.49. The van der Waals surface area contributed by atoms with Crippen LogP contribution in [0, 0.1) is 16.7 Å². The molecule has 16 heavy (non-hydrogen) atoms. The lowest BCUT2D eigenvalue weighted by Gasteiger charge is -2.39. The fourth-order valence-corrected chi connectivity index (χ4v) is 2.92. The quantitative estimate of drug-likeness (QED) is 0.902. The van der Waals surface area contributed by atoms with Crippen molar-refractivity contribution in [1.29, 1.82) is 5.26 Å². The Morgan fingerprint density at radius 3 is 2.62 bits per heavy atom. The van der Waals surface area contributed by atoms with Crippen LogP contribution < -0.4 is 0 Å². The number of rotatable bonds is 2. The molecule has 1 aliphatic carbocycles. The van der Waals surface area contributed by atoms with Gasteiger partial charge in [-0.2, -0.15) is 5.26 Å². The summed E-state index contributed by atoms with van der Waals surface area (Å²) in [4.78, 5) is 0. The topological polar surface area (TPSA) is 44.0 Å². The molecule has 1 unspecified atom stereocenters. The molecule has 0 heterocycles. The molecular formula is C12H11BrClNO. The highest BCUT2D eigenvalue weighted by molar-refractivity contribution is 9.10. The summed E-state index contributed by atoms with van der Waals surface area (Å²) in [7, 11) is 0. The van der Waals surface area contributed by atoms with Crippen molar-refractivity contribution in [2.45, 2.75) is 25.4 Å². The first-order chi connectivity index (χ1) is 7.59. The first-order valence-electron chi connectivity index (χ1n) is 5.13. The van der Waals surface area contributed by atoms with Gasteiger partial charge in [-0.3, -0.25) is 0 Å². The van der Waals surface area contributed by atoms with Crippen LogP contribution in [0.3, 0.4) is 0 Å². The van der Waals surface area contributed by atoms with Gasteiger partial charge in [-0.05, 0) is 30.5 Å². The zero-order valence-corrected chi connectivity index (χ0v) is 10.9. The van der Waals surface area contributed by atoms with Gasteiger partial charge in [0.25, 0.3) is 0 Å². The highest BCUT2D eigenvalue weighted by atomic mass is 79.9. The van der Waals surface area contributed by atoms with Crippen molar-refractivity contribution in [3.8, 4) is 6.07 Å². The third-order valence-electron chi connectivity index (χ3n) is 3.25. The van der Waals surface area contributed by atoms with E-state index >= 15 is 0 Å².